The summed E-state index contributed by atoms with van der Waals surface area (Å²) in [6.07, 6.45) is 1.56. The highest BCUT2D eigenvalue weighted by Crippen LogP contribution is 2.35. The van der Waals surface area contributed by atoms with Gasteiger partial charge in [0.05, 0.1) is 6.61 Å². The molecule has 1 aliphatic rings. The van der Waals surface area contributed by atoms with E-state index < -0.39 is 11.4 Å². The van der Waals surface area contributed by atoms with E-state index in [1.165, 1.54) is 16.3 Å². The van der Waals surface area contributed by atoms with Crippen LogP contribution in [0.25, 0.3) is 0 Å². The van der Waals surface area contributed by atoms with Crippen molar-refractivity contribution >= 4 is 17.6 Å². The first-order chi connectivity index (χ1) is 7.55. The number of aliphatic hydroxyl groups excluding tert-OH is 1. The lowest BCUT2D eigenvalue weighted by molar-refractivity contribution is -0.0874. The first-order valence-corrected chi connectivity index (χ1v) is 5.86. The molecule has 1 fully saturated rings. The molecular formula is C9H13N3O3S. The average molecular weight is 243 g/mol. The summed E-state index contributed by atoms with van der Waals surface area (Å²) in [6, 6.07) is 1.55. The number of nitrogen functional groups attached to an aromatic ring is 1. The molecule has 6 nitrogen and oxygen atoms in total. The topological polar surface area (TPSA) is 90.4 Å². The van der Waals surface area contributed by atoms with Crippen LogP contribution >= 0.6 is 11.8 Å². The predicted molar refractivity (Wildman–Crippen MR) is 61.0 cm³/mol. The van der Waals surface area contributed by atoms with Crippen LogP contribution in [0, 0.1) is 0 Å². The number of nitrogens with zero attached hydrogens (tertiary/aromatic N) is 2. The summed E-state index contributed by atoms with van der Waals surface area (Å²) in [5.74, 6) is 0.776. The third kappa shape index (κ3) is 1.93. The summed E-state index contributed by atoms with van der Waals surface area (Å²) in [7, 11) is 0. The van der Waals surface area contributed by atoms with Crippen LogP contribution in [0.15, 0.2) is 17.1 Å². The summed E-state index contributed by atoms with van der Waals surface area (Å²) in [5, 5.41) is 8.99. The lowest BCUT2D eigenvalue weighted by Gasteiger charge is -2.25. The van der Waals surface area contributed by atoms with Crippen LogP contribution in [0.4, 0.5) is 5.82 Å². The molecule has 0 amide bonds. The number of rotatable bonds is 2. The maximum Gasteiger partial charge on any atom is 0.351 e. The number of hydrogen-bond donors (Lipinski definition) is 2. The van der Waals surface area contributed by atoms with Gasteiger partial charge in [0.25, 0.3) is 0 Å². The number of hydrogen-bond acceptors (Lipinski definition) is 6. The molecule has 2 rings (SSSR count). The van der Waals surface area contributed by atoms with Gasteiger partial charge in [-0.2, -0.15) is 4.98 Å². The number of aromatic nitrogens is 2. The minimum atomic E-state index is -0.768. The third-order valence-corrected chi connectivity index (χ3v) is 3.73. The Morgan fingerprint density at radius 1 is 1.88 bits per heavy atom. The molecule has 88 valence electrons. The van der Waals surface area contributed by atoms with Crippen LogP contribution < -0.4 is 11.4 Å². The van der Waals surface area contributed by atoms with Crippen LogP contribution in [0.1, 0.15) is 6.92 Å². The van der Waals surface area contributed by atoms with E-state index in [-0.39, 0.29) is 17.9 Å². The van der Waals surface area contributed by atoms with Gasteiger partial charge in [0.1, 0.15) is 11.3 Å². The standard InChI is InChI=1S/C9H13N3O3S/c1-9(5-16-7(4-13)15-9)12-3-2-6(10)11-8(12)14/h2-3,7,13H,4-5H2,1H3,(H2,10,11,14). The first kappa shape index (κ1) is 11.4. The first-order valence-electron chi connectivity index (χ1n) is 4.81. The van der Waals surface area contributed by atoms with E-state index in [2.05, 4.69) is 4.98 Å². The summed E-state index contributed by atoms with van der Waals surface area (Å²) in [5.41, 5.74) is 3.90. The Morgan fingerprint density at radius 2 is 2.62 bits per heavy atom. The smallest absolute Gasteiger partial charge is 0.351 e. The zero-order valence-electron chi connectivity index (χ0n) is 8.79. The molecule has 0 radical (unpaired) electrons. The fourth-order valence-electron chi connectivity index (χ4n) is 1.59. The molecular weight excluding hydrogens is 230 g/mol. The Morgan fingerprint density at radius 3 is 3.19 bits per heavy atom. The molecule has 3 N–H and O–H groups in total. The lowest BCUT2D eigenvalue weighted by atomic mass is 10.3. The second-order valence-electron chi connectivity index (χ2n) is 3.72. The van der Waals surface area contributed by atoms with Crippen molar-refractivity contribution in [1.29, 1.82) is 0 Å². The number of ether oxygens (including phenoxy) is 1. The van der Waals surface area contributed by atoms with Crippen LogP contribution in [-0.2, 0) is 10.5 Å². The summed E-state index contributed by atoms with van der Waals surface area (Å²) >= 11 is 1.47. The van der Waals surface area contributed by atoms with Gasteiger partial charge in [0, 0.05) is 11.9 Å². The van der Waals surface area contributed by atoms with Crippen molar-refractivity contribution < 1.29 is 9.84 Å². The molecule has 1 saturated heterocycles. The Labute approximate surface area is 96.4 Å². The molecule has 2 unspecified atom stereocenters. The molecule has 1 aromatic rings. The van der Waals surface area contributed by atoms with Crippen molar-refractivity contribution in [3.05, 3.63) is 22.7 Å². The van der Waals surface area contributed by atoms with Crippen LogP contribution in [0.3, 0.4) is 0 Å². The zero-order valence-corrected chi connectivity index (χ0v) is 9.61. The minimum absolute atomic E-state index is 0.0720. The summed E-state index contributed by atoms with van der Waals surface area (Å²) < 4.78 is 6.99. The second-order valence-corrected chi connectivity index (χ2v) is 4.87. The molecule has 2 atom stereocenters. The van der Waals surface area contributed by atoms with Crippen molar-refractivity contribution in [2.45, 2.75) is 18.1 Å². The second kappa shape index (κ2) is 4.08. The lowest BCUT2D eigenvalue weighted by Crippen LogP contribution is -2.41. The number of anilines is 1. The van der Waals surface area contributed by atoms with Gasteiger partial charge in [0.15, 0.2) is 5.72 Å². The van der Waals surface area contributed by atoms with Crippen LogP contribution in [-0.4, -0.2) is 32.5 Å². The van der Waals surface area contributed by atoms with E-state index in [1.54, 1.807) is 19.2 Å². The Kier molecular flexibility index (Phi) is 2.92. The predicted octanol–water partition coefficient (Wildman–Crippen LogP) is -0.420. The molecule has 2 heterocycles. The highest BCUT2D eigenvalue weighted by atomic mass is 32.2. The van der Waals surface area contributed by atoms with Gasteiger partial charge >= 0.3 is 5.69 Å². The molecule has 0 spiro atoms. The van der Waals surface area contributed by atoms with Crippen LogP contribution in [0.5, 0.6) is 0 Å². The van der Waals surface area contributed by atoms with Gasteiger partial charge in [0.2, 0.25) is 0 Å². The SMILES string of the molecule is CC1(n2ccc(N)nc2=O)CSC(CO)O1. The number of thioether (sulfide) groups is 1. The maximum absolute atomic E-state index is 11.6. The van der Waals surface area contributed by atoms with Crippen molar-refractivity contribution in [1.82, 2.24) is 9.55 Å². The van der Waals surface area contributed by atoms with Gasteiger partial charge in [-0.05, 0) is 13.0 Å². The molecule has 16 heavy (non-hydrogen) atoms. The maximum atomic E-state index is 11.6. The Balaban J connectivity index is 2.34. The molecule has 1 aliphatic heterocycles. The Hall–Kier alpha value is -1.05. The van der Waals surface area contributed by atoms with Gasteiger partial charge < -0.3 is 15.6 Å². The quantitative estimate of drug-likeness (QED) is 0.733. The van der Waals surface area contributed by atoms with Gasteiger partial charge in [-0.1, -0.05) is 0 Å². The number of nitrogens with two attached hydrogens (primary N) is 1. The van der Waals surface area contributed by atoms with Gasteiger partial charge in [-0.3, -0.25) is 4.57 Å². The van der Waals surface area contributed by atoms with E-state index in [0.717, 1.165) is 0 Å². The van der Waals surface area contributed by atoms with E-state index in [9.17, 15) is 4.79 Å². The zero-order chi connectivity index (χ0) is 11.8. The van der Waals surface area contributed by atoms with Gasteiger partial charge in [-0.15, -0.1) is 11.8 Å². The van der Waals surface area contributed by atoms with Crippen molar-refractivity contribution in [2.75, 3.05) is 18.1 Å². The molecule has 1 aromatic heterocycles. The van der Waals surface area contributed by atoms with Crippen molar-refractivity contribution in [3.63, 3.8) is 0 Å². The average Bonchev–Trinajstić information content (AvgIpc) is 2.61. The monoisotopic (exact) mass is 243 g/mol. The summed E-state index contributed by atoms with van der Waals surface area (Å²) in [6.45, 7) is 1.71. The molecule has 7 heteroatoms. The summed E-state index contributed by atoms with van der Waals surface area (Å²) in [4.78, 5) is 15.3. The largest absolute Gasteiger partial charge is 0.393 e. The van der Waals surface area contributed by atoms with Gasteiger partial charge in [-0.25, -0.2) is 4.79 Å². The fraction of sp³-hybridized carbons (Fsp3) is 0.556. The molecule has 0 aliphatic carbocycles. The van der Waals surface area contributed by atoms with E-state index in [1.807, 2.05) is 0 Å². The highest BCUT2D eigenvalue weighted by molar-refractivity contribution is 8.00. The normalized spacial score (nSPS) is 29.5. The van der Waals surface area contributed by atoms with E-state index in [4.69, 9.17) is 15.6 Å². The number of aliphatic hydroxyl groups is 1. The fourth-order valence-corrected chi connectivity index (χ4v) is 2.67. The Bertz CT molecular complexity index is 450. The highest BCUT2D eigenvalue weighted by Gasteiger charge is 2.38. The molecule has 0 bridgehead atoms. The molecule has 0 aromatic carbocycles. The van der Waals surface area contributed by atoms with Crippen molar-refractivity contribution in [2.24, 2.45) is 0 Å². The van der Waals surface area contributed by atoms with Crippen molar-refractivity contribution in [3.8, 4) is 0 Å². The van der Waals surface area contributed by atoms with E-state index >= 15 is 0 Å². The van der Waals surface area contributed by atoms with Crippen LogP contribution in [0.2, 0.25) is 0 Å². The minimum Gasteiger partial charge on any atom is -0.393 e. The third-order valence-electron chi connectivity index (χ3n) is 2.41. The molecule has 0 saturated carbocycles. The van der Waals surface area contributed by atoms with E-state index in [0.29, 0.717) is 5.75 Å².